The Balaban J connectivity index is 1.88. The van der Waals surface area contributed by atoms with Crippen LogP contribution in [0.15, 0.2) is 39.8 Å². The molecule has 2 aliphatic rings. The molecule has 0 amide bonds. The van der Waals surface area contributed by atoms with Gasteiger partial charge in [-0.1, -0.05) is 68.1 Å². The van der Waals surface area contributed by atoms with E-state index in [1.54, 1.807) is 0 Å². The van der Waals surface area contributed by atoms with Crippen LogP contribution in [0, 0.1) is 29.5 Å². The van der Waals surface area contributed by atoms with E-state index in [0.717, 1.165) is 37.3 Å². The zero-order valence-corrected chi connectivity index (χ0v) is 25.2. The molecule has 4 rings (SSSR count). The molecule has 0 spiro atoms. The highest BCUT2D eigenvalue weighted by molar-refractivity contribution is 9.10. The molecule has 0 radical (unpaired) electrons. The quantitative estimate of drug-likeness (QED) is 0.180. The number of esters is 1. The monoisotopic (exact) mass is 669 g/mol. The Bertz CT molecular complexity index is 1260. The smallest absolute Gasteiger partial charge is 0.404 e. The maximum Gasteiger partial charge on any atom is 0.404 e. The lowest BCUT2D eigenvalue weighted by molar-refractivity contribution is -0.197. The summed E-state index contributed by atoms with van der Waals surface area (Å²) >= 11 is 21.5. The van der Waals surface area contributed by atoms with Crippen molar-refractivity contribution in [1.29, 1.82) is 0 Å². The van der Waals surface area contributed by atoms with Gasteiger partial charge in [-0.05, 0) is 81.9 Å². The van der Waals surface area contributed by atoms with E-state index in [1.807, 2.05) is 20.8 Å². The van der Waals surface area contributed by atoms with Gasteiger partial charge in [0.1, 0.15) is 23.3 Å². The van der Waals surface area contributed by atoms with E-state index < -0.39 is 41.4 Å². The van der Waals surface area contributed by atoms with Gasteiger partial charge in [-0.3, -0.25) is 9.79 Å². The number of hydrogen-bond acceptors (Lipinski definition) is 3. The van der Waals surface area contributed by atoms with Gasteiger partial charge in [-0.15, -0.1) is 0 Å². The van der Waals surface area contributed by atoms with Gasteiger partial charge < -0.3 is 4.74 Å². The van der Waals surface area contributed by atoms with Crippen LogP contribution < -0.4 is 0 Å². The molecule has 5 unspecified atom stereocenters. The molecule has 1 heterocycles. The second kappa shape index (κ2) is 11.5. The number of alkyl halides is 3. The standard InChI is InChI=1S/C28H27BrCl3F4NO2/c1-13(2)17-6-4-14(3)8-22(17)39-26(38)23-25(15-5-7-21(33)18(29)9-15)37-12-27(23,28(34,35)36)16-10-19(30)24(32)20(31)11-16/h5,7,9-14,17,22-23,25H,4,6,8H2,1-3H3/t14?,17?,22?,23?,25-,27?/m1/s1. The highest BCUT2D eigenvalue weighted by Gasteiger charge is 2.67. The molecule has 0 aromatic heterocycles. The molecule has 1 fully saturated rings. The Labute approximate surface area is 248 Å². The van der Waals surface area contributed by atoms with Crippen LogP contribution in [0.1, 0.15) is 57.2 Å². The van der Waals surface area contributed by atoms with Gasteiger partial charge in [0.25, 0.3) is 0 Å². The van der Waals surface area contributed by atoms with Crippen LogP contribution in [0.4, 0.5) is 17.6 Å². The molecular formula is C28H27BrCl3F4NO2. The van der Waals surface area contributed by atoms with Gasteiger partial charge in [0.05, 0.1) is 25.6 Å². The van der Waals surface area contributed by atoms with Gasteiger partial charge in [-0.2, -0.15) is 13.2 Å². The molecule has 0 N–H and O–H groups in total. The number of halogens is 8. The normalized spacial score (nSPS) is 29.2. The summed E-state index contributed by atoms with van der Waals surface area (Å²) < 4.78 is 65.9. The number of ether oxygens (including phenoxy) is 1. The summed E-state index contributed by atoms with van der Waals surface area (Å²) in [6.07, 6.45) is -2.54. The number of nitrogens with zero attached hydrogens (tertiary/aromatic N) is 1. The molecule has 2 aromatic carbocycles. The van der Waals surface area contributed by atoms with Crippen molar-refractivity contribution in [1.82, 2.24) is 0 Å². The molecule has 11 heteroatoms. The van der Waals surface area contributed by atoms with Crippen molar-refractivity contribution in [3.63, 3.8) is 0 Å². The van der Waals surface area contributed by atoms with E-state index in [-0.39, 0.29) is 48.4 Å². The number of carbonyl (C=O) groups is 1. The first-order chi connectivity index (χ1) is 18.2. The van der Waals surface area contributed by atoms with Gasteiger partial charge >= 0.3 is 12.1 Å². The van der Waals surface area contributed by atoms with Crippen LogP contribution in [-0.4, -0.2) is 24.5 Å². The Morgan fingerprint density at radius 1 is 1.13 bits per heavy atom. The molecule has 212 valence electrons. The van der Waals surface area contributed by atoms with Crippen LogP contribution in [0.25, 0.3) is 0 Å². The summed E-state index contributed by atoms with van der Waals surface area (Å²) in [6, 6.07) is 4.54. The average Bonchev–Trinajstić information content (AvgIpc) is 3.26. The van der Waals surface area contributed by atoms with Crippen LogP contribution in [0.3, 0.4) is 0 Å². The fourth-order valence-corrected chi connectivity index (χ4v) is 6.83. The third kappa shape index (κ3) is 5.73. The zero-order valence-electron chi connectivity index (χ0n) is 21.3. The summed E-state index contributed by atoms with van der Waals surface area (Å²) in [4.78, 5) is 18.2. The second-order valence-electron chi connectivity index (χ2n) is 10.8. The summed E-state index contributed by atoms with van der Waals surface area (Å²) in [5, 5.41) is -0.502. The first-order valence-electron chi connectivity index (χ1n) is 12.6. The first-order valence-corrected chi connectivity index (χ1v) is 14.5. The predicted molar refractivity (Wildman–Crippen MR) is 149 cm³/mol. The molecule has 0 saturated heterocycles. The van der Waals surface area contributed by atoms with Crippen LogP contribution in [0.2, 0.25) is 15.1 Å². The minimum Gasteiger partial charge on any atom is -0.462 e. The van der Waals surface area contributed by atoms with Crippen molar-refractivity contribution >= 4 is 62.9 Å². The average molecular weight is 672 g/mol. The van der Waals surface area contributed by atoms with E-state index in [9.17, 15) is 9.18 Å². The van der Waals surface area contributed by atoms with Gasteiger partial charge in [0, 0.05) is 6.21 Å². The summed E-state index contributed by atoms with van der Waals surface area (Å²) in [5.41, 5.74) is -3.10. The Morgan fingerprint density at radius 3 is 2.33 bits per heavy atom. The second-order valence-corrected chi connectivity index (χ2v) is 12.8. The van der Waals surface area contributed by atoms with E-state index in [4.69, 9.17) is 39.5 Å². The van der Waals surface area contributed by atoms with Crippen LogP contribution in [-0.2, 0) is 14.9 Å². The predicted octanol–water partition coefficient (Wildman–Crippen LogP) is 9.79. The van der Waals surface area contributed by atoms with E-state index in [1.165, 1.54) is 12.1 Å². The van der Waals surface area contributed by atoms with Gasteiger partial charge in [0.2, 0.25) is 0 Å². The molecule has 2 aromatic rings. The lowest BCUT2D eigenvalue weighted by Gasteiger charge is -2.40. The molecule has 1 saturated carbocycles. The van der Waals surface area contributed by atoms with Gasteiger partial charge in [-0.25, -0.2) is 4.39 Å². The molecule has 39 heavy (non-hydrogen) atoms. The van der Waals surface area contributed by atoms with Crippen molar-refractivity contribution < 1.29 is 27.1 Å². The van der Waals surface area contributed by atoms with Crippen LogP contribution in [0.5, 0.6) is 0 Å². The van der Waals surface area contributed by atoms with Crippen molar-refractivity contribution in [2.24, 2.45) is 28.7 Å². The largest absolute Gasteiger partial charge is 0.462 e. The third-order valence-corrected chi connectivity index (χ3v) is 9.75. The lowest BCUT2D eigenvalue weighted by atomic mass is 9.68. The highest BCUT2D eigenvalue weighted by atomic mass is 79.9. The fraction of sp³-hybridized carbons (Fsp3) is 0.500. The molecule has 1 aliphatic carbocycles. The summed E-state index contributed by atoms with van der Waals surface area (Å²) in [6.45, 7) is 6.06. The Hall–Kier alpha value is -1.35. The Kier molecular flexibility index (Phi) is 9.02. The summed E-state index contributed by atoms with van der Waals surface area (Å²) in [7, 11) is 0. The third-order valence-electron chi connectivity index (χ3n) is 7.94. The molecular weight excluding hydrogens is 645 g/mol. The number of carbonyl (C=O) groups excluding carboxylic acids is 1. The number of aliphatic imine (C=N–C) groups is 1. The lowest BCUT2D eigenvalue weighted by Crippen LogP contribution is -2.53. The topological polar surface area (TPSA) is 38.7 Å². The zero-order chi connectivity index (χ0) is 28.9. The number of benzene rings is 2. The van der Waals surface area contributed by atoms with Crippen molar-refractivity contribution in [3.8, 4) is 0 Å². The molecule has 6 atom stereocenters. The van der Waals surface area contributed by atoms with Crippen molar-refractivity contribution in [3.05, 3.63) is 66.8 Å². The molecule has 3 nitrogen and oxygen atoms in total. The van der Waals surface area contributed by atoms with Crippen molar-refractivity contribution in [2.45, 2.75) is 63.8 Å². The SMILES string of the molecule is CC1CCC(C(C)C)C(OC(=O)C2[C@@H](c3ccc(F)c(Br)c3)N=CC2(c2cc(Cl)c(Cl)c(Cl)c2)C(F)(F)F)C1. The van der Waals surface area contributed by atoms with E-state index in [0.29, 0.717) is 6.42 Å². The van der Waals surface area contributed by atoms with Gasteiger partial charge in [0.15, 0.2) is 0 Å². The number of hydrogen-bond donors (Lipinski definition) is 0. The number of rotatable bonds is 5. The fourth-order valence-electron chi connectivity index (χ4n) is 5.84. The maximum atomic E-state index is 15.3. The Morgan fingerprint density at radius 2 is 1.77 bits per heavy atom. The molecule has 0 bridgehead atoms. The minimum atomic E-state index is -5.01. The minimum absolute atomic E-state index is 0.00518. The first kappa shape index (κ1) is 30.6. The van der Waals surface area contributed by atoms with E-state index >= 15 is 13.2 Å². The van der Waals surface area contributed by atoms with Crippen LogP contribution >= 0.6 is 50.7 Å². The highest BCUT2D eigenvalue weighted by Crippen LogP contribution is 2.56. The maximum absolute atomic E-state index is 15.3. The summed E-state index contributed by atoms with van der Waals surface area (Å²) in [5.74, 6) is -3.09. The molecule has 1 aliphatic heterocycles. The van der Waals surface area contributed by atoms with E-state index in [2.05, 4.69) is 20.9 Å². The van der Waals surface area contributed by atoms with Crippen molar-refractivity contribution in [2.75, 3.05) is 0 Å².